The molecule has 17 nitrogen and oxygen atoms in total. The Hall–Kier alpha value is -6.24. The van der Waals surface area contributed by atoms with Gasteiger partial charge in [-0.15, -0.1) is 10.2 Å². The molecule has 0 atom stereocenters. The highest BCUT2D eigenvalue weighted by Gasteiger charge is 2.14. The van der Waals surface area contributed by atoms with E-state index in [-0.39, 0.29) is 17.4 Å². The van der Waals surface area contributed by atoms with Crippen LogP contribution in [0.5, 0.6) is 0 Å². The first kappa shape index (κ1) is 38.9. The Balaban J connectivity index is 0.000000303. The smallest absolute Gasteiger partial charge is 0.343 e. The number of pyridine rings is 2. The maximum atomic E-state index is 11.5. The quantitative estimate of drug-likeness (QED) is 0.0440. The van der Waals surface area contributed by atoms with Gasteiger partial charge in [-0.05, 0) is 36.4 Å². The van der Waals surface area contributed by atoms with E-state index in [0.29, 0.717) is 24.2 Å². The minimum Gasteiger partial charge on any atom is -0.465 e. The number of hydrogen-bond donors (Lipinski definition) is 5. The molecule has 0 spiro atoms. The lowest BCUT2D eigenvalue weighted by molar-refractivity contribution is -0.689. The largest absolute Gasteiger partial charge is 0.465 e. The molecule has 0 aliphatic heterocycles. The van der Waals surface area contributed by atoms with E-state index in [9.17, 15) is 9.59 Å². The van der Waals surface area contributed by atoms with Crippen LogP contribution in [-0.4, -0.2) is 66.7 Å². The summed E-state index contributed by atoms with van der Waals surface area (Å²) in [4.78, 5) is 23.1. The number of benzene rings is 2. The van der Waals surface area contributed by atoms with Gasteiger partial charge in [-0.1, -0.05) is 46.8 Å². The zero-order chi connectivity index (χ0) is 34.7. The van der Waals surface area contributed by atoms with Gasteiger partial charge >= 0.3 is 5.97 Å². The third kappa shape index (κ3) is 11.5. The Bertz CT molecular complexity index is 1710. The molecule has 0 bridgehead atoms. The summed E-state index contributed by atoms with van der Waals surface area (Å²) in [6, 6.07) is 26.5. The fourth-order valence-electron chi connectivity index (χ4n) is 4.23. The summed E-state index contributed by atoms with van der Waals surface area (Å²) in [5, 5.41) is 23.5. The van der Waals surface area contributed by atoms with Crippen LogP contribution in [0.4, 0.5) is 0 Å². The molecule has 49 heavy (non-hydrogen) atoms. The lowest BCUT2D eigenvalue weighted by atomic mass is 10.2. The number of methoxy groups -OCH3 is 1. The number of para-hydroxylation sites is 2. The number of aromatic nitrogens is 8. The van der Waals surface area contributed by atoms with Crippen molar-refractivity contribution in [2.24, 2.45) is 17.5 Å². The molecule has 0 saturated carbocycles. The summed E-state index contributed by atoms with van der Waals surface area (Å²) in [6.45, 7) is 1.04. The number of ether oxygens (including phenoxy) is 1. The minimum absolute atomic E-state index is 0. The van der Waals surface area contributed by atoms with E-state index in [4.69, 9.17) is 15.7 Å². The summed E-state index contributed by atoms with van der Waals surface area (Å²) in [5.74, 6) is 12.4. The SMILES string of the molecule is CO.COC(=O)c1ccc[n+](Cc2cn(-c3ccccc3)nn2)c1.NN.NNC(=O)c1ccc[n+](Cc2cn(-c3ccccc3)nn2)c1.O. The number of hydrogen-bond acceptors (Lipinski definition) is 11. The Morgan fingerprint density at radius 1 is 0.735 bits per heavy atom. The number of nitrogen functional groups attached to an aromatic ring is 1. The van der Waals surface area contributed by atoms with Crippen LogP contribution in [0.15, 0.2) is 122 Å². The van der Waals surface area contributed by atoms with Crippen molar-refractivity contribution in [1.82, 2.24) is 35.4 Å². The first-order chi connectivity index (χ1) is 23.5. The van der Waals surface area contributed by atoms with Crippen molar-refractivity contribution in [3.05, 3.63) is 145 Å². The second-order valence-corrected chi connectivity index (χ2v) is 9.47. The molecular formula is C32H40N12O5+2. The summed E-state index contributed by atoms with van der Waals surface area (Å²) in [5.41, 5.74) is 6.59. The van der Waals surface area contributed by atoms with Crippen LogP contribution in [0.2, 0.25) is 0 Å². The van der Waals surface area contributed by atoms with E-state index in [0.717, 1.165) is 29.9 Å². The topological polar surface area (TPSA) is 254 Å². The van der Waals surface area contributed by atoms with Gasteiger partial charge in [-0.3, -0.25) is 21.9 Å². The molecule has 6 rings (SSSR count). The van der Waals surface area contributed by atoms with Crippen molar-refractivity contribution in [1.29, 1.82) is 0 Å². The van der Waals surface area contributed by atoms with Crippen LogP contribution in [0.3, 0.4) is 0 Å². The lowest BCUT2D eigenvalue weighted by Gasteiger charge is -1.98. The normalized spacial score (nSPS) is 9.59. The lowest BCUT2D eigenvalue weighted by Crippen LogP contribution is -2.37. The molecule has 0 unspecified atom stereocenters. The van der Waals surface area contributed by atoms with E-state index >= 15 is 0 Å². The number of carbonyl (C=O) groups is 2. The van der Waals surface area contributed by atoms with Gasteiger partial charge in [0.25, 0.3) is 5.91 Å². The molecular weight excluding hydrogens is 632 g/mol. The number of amides is 1. The van der Waals surface area contributed by atoms with Gasteiger partial charge in [-0.2, -0.15) is 9.13 Å². The second-order valence-electron chi connectivity index (χ2n) is 9.47. The Labute approximate surface area is 282 Å². The highest BCUT2D eigenvalue weighted by atomic mass is 16.5. The Morgan fingerprint density at radius 3 is 1.59 bits per heavy atom. The molecule has 0 saturated heterocycles. The maximum Gasteiger partial charge on any atom is 0.343 e. The highest BCUT2D eigenvalue weighted by Crippen LogP contribution is 2.07. The van der Waals surface area contributed by atoms with Gasteiger partial charge in [-0.25, -0.2) is 20.0 Å². The van der Waals surface area contributed by atoms with Crippen LogP contribution >= 0.6 is 0 Å². The summed E-state index contributed by atoms with van der Waals surface area (Å²) >= 11 is 0. The first-order valence-corrected chi connectivity index (χ1v) is 14.3. The van der Waals surface area contributed by atoms with Gasteiger partial charge < -0.3 is 15.3 Å². The van der Waals surface area contributed by atoms with Crippen LogP contribution in [0.1, 0.15) is 32.1 Å². The van der Waals surface area contributed by atoms with Crippen molar-refractivity contribution in [2.75, 3.05) is 14.2 Å². The van der Waals surface area contributed by atoms with Gasteiger partial charge in [0.2, 0.25) is 0 Å². The Kier molecular flexibility index (Phi) is 16.5. The summed E-state index contributed by atoms with van der Waals surface area (Å²) in [7, 11) is 2.37. The molecule has 0 aliphatic carbocycles. The number of aliphatic hydroxyl groups is 1. The number of nitrogens with two attached hydrogens (primary N) is 3. The average Bonchev–Trinajstić information content (AvgIpc) is 3.84. The number of aliphatic hydroxyl groups excluding tert-OH is 1. The standard InChI is InChI=1S/C16H15N4O2.C15H14N6O.CH4O.H4N2.H2O/c1-22-16(21)13-6-5-9-19(10-13)11-14-12-20(18-17-14)15-7-3-2-4-8-15;16-17-15(22)12-5-4-8-20(9-12)10-13-11-21(19-18-13)14-6-2-1-3-7-14;2*1-2;/h2-10,12H,11H2,1H3;1-9,11H,10H2,(H2-,16,17,18,19,22);2H,1H3;1-2H2;1H2/q+1;;;;/p+1. The van der Waals surface area contributed by atoms with E-state index < -0.39 is 0 Å². The molecule has 0 fully saturated rings. The number of nitrogens with one attached hydrogen (secondary N) is 1. The molecule has 0 aliphatic rings. The summed E-state index contributed by atoms with van der Waals surface area (Å²) < 4.78 is 11.9. The second kappa shape index (κ2) is 20.8. The van der Waals surface area contributed by atoms with Gasteiger partial charge in [0.05, 0.1) is 30.9 Å². The predicted molar refractivity (Wildman–Crippen MR) is 177 cm³/mol. The number of esters is 1. The van der Waals surface area contributed by atoms with E-state index in [2.05, 4.69) is 37.7 Å². The molecule has 2 aromatic carbocycles. The molecule has 1 amide bonds. The molecule has 4 heterocycles. The average molecular weight is 673 g/mol. The molecule has 10 N–H and O–H groups in total. The van der Waals surface area contributed by atoms with Crippen molar-refractivity contribution in [3.8, 4) is 11.4 Å². The minimum atomic E-state index is -0.359. The number of nitrogens with zero attached hydrogens (tertiary/aromatic N) is 8. The zero-order valence-corrected chi connectivity index (χ0v) is 26.9. The van der Waals surface area contributed by atoms with E-state index in [1.54, 1.807) is 46.0 Å². The van der Waals surface area contributed by atoms with Crippen LogP contribution in [0, 0.1) is 0 Å². The number of carbonyl (C=O) groups excluding carboxylic acids is 2. The molecule has 17 heteroatoms. The van der Waals surface area contributed by atoms with Gasteiger partial charge in [0, 0.05) is 19.2 Å². The fourth-order valence-corrected chi connectivity index (χ4v) is 4.23. The fraction of sp³-hybridized carbons (Fsp3) is 0.125. The van der Waals surface area contributed by atoms with Crippen molar-refractivity contribution < 1.29 is 34.0 Å². The molecule has 6 aromatic rings. The third-order valence-corrected chi connectivity index (χ3v) is 6.34. The number of rotatable bonds is 8. The van der Waals surface area contributed by atoms with E-state index in [1.165, 1.54) is 7.11 Å². The monoisotopic (exact) mass is 672 g/mol. The van der Waals surface area contributed by atoms with Gasteiger partial charge in [0.1, 0.15) is 22.5 Å². The molecule has 256 valence electrons. The first-order valence-electron chi connectivity index (χ1n) is 14.3. The number of hydrazine groups is 2. The van der Waals surface area contributed by atoms with Crippen LogP contribution < -0.4 is 32.1 Å². The zero-order valence-electron chi connectivity index (χ0n) is 26.9. The van der Waals surface area contributed by atoms with Crippen LogP contribution in [-0.2, 0) is 17.8 Å². The van der Waals surface area contributed by atoms with Crippen LogP contribution in [0.25, 0.3) is 11.4 Å². The van der Waals surface area contributed by atoms with Crippen molar-refractivity contribution >= 4 is 11.9 Å². The van der Waals surface area contributed by atoms with E-state index in [1.807, 2.05) is 94.6 Å². The maximum absolute atomic E-state index is 11.5. The van der Waals surface area contributed by atoms with Crippen molar-refractivity contribution in [2.45, 2.75) is 13.1 Å². The highest BCUT2D eigenvalue weighted by molar-refractivity contribution is 5.93. The third-order valence-electron chi connectivity index (χ3n) is 6.34. The Morgan fingerprint density at radius 2 is 1.16 bits per heavy atom. The van der Waals surface area contributed by atoms with Crippen molar-refractivity contribution in [3.63, 3.8) is 0 Å². The predicted octanol–water partition coefficient (Wildman–Crippen LogP) is -0.801. The molecule has 0 radical (unpaired) electrons. The van der Waals surface area contributed by atoms with Gasteiger partial charge in [0.15, 0.2) is 37.9 Å². The molecule has 4 aromatic heterocycles. The summed E-state index contributed by atoms with van der Waals surface area (Å²) in [6.07, 6.45) is 10.9.